The Hall–Kier alpha value is -2.18. The molecule has 0 radical (unpaired) electrons. The molecule has 1 unspecified atom stereocenters. The van der Waals surface area contributed by atoms with Gasteiger partial charge in [-0.2, -0.15) is 4.31 Å². The molecule has 0 bridgehead atoms. The van der Waals surface area contributed by atoms with Gasteiger partial charge in [0.2, 0.25) is 10.0 Å². The van der Waals surface area contributed by atoms with Crippen molar-refractivity contribution in [3.8, 4) is 0 Å². The Morgan fingerprint density at radius 2 is 1.69 bits per heavy atom. The standard InChI is InChI=1S/C23H29N3O2S/c1-16-8-9-18(3)24-23(16)19(4)26-15-17(2)21-14-20(10-11-22(21)26)29(27,28)25-12-6-5-7-13-25/h8-11,14-15,19H,5-7,12-13H2,1-4H3. The molecule has 1 aliphatic heterocycles. The van der Waals surface area contributed by atoms with Gasteiger partial charge in [-0.1, -0.05) is 12.5 Å². The molecule has 1 aliphatic rings. The van der Waals surface area contributed by atoms with Gasteiger partial charge in [0.05, 0.1) is 16.6 Å². The second-order valence-electron chi connectivity index (χ2n) is 8.19. The lowest BCUT2D eigenvalue weighted by Gasteiger charge is -2.26. The zero-order chi connectivity index (χ0) is 20.8. The molecule has 0 amide bonds. The molecule has 1 aromatic carbocycles. The number of fused-ring (bicyclic) bond motifs is 1. The average Bonchev–Trinajstić information content (AvgIpc) is 3.06. The van der Waals surface area contributed by atoms with Gasteiger partial charge in [-0.05, 0) is 75.9 Å². The van der Waals surface area contributed by atoms with Crippen LogP contribution in [0.15, 0.2) is 41.4 Å². The van der Waals surface area contributed by atoms with Crippen molar-refractivity contribution >= 4 is 20.9 Å². The summed E-state index contributed by atoms with van der Waals surface area (Å²) in [5.41, 5.74) is 5.32. The van der Waals surface area contributed by atoms with Crippen LogP contribution in [0.4, 0.5) is 0 Å². The van der Waals surface area contributed by atoms with Crippen molar-refractivity contribution < 1.29 is 8.42 Å². The van der Waals surface area contributed by atoms with Crippen LogP contribution < -0.4 is 0 Å². The molecule has 0 N–H and O–H groups in total. The van der Waals surface area contributed by atoms with Crippen LogP contribution >= 0.6 is 0 Å². The topological polar surface area (TPSA) is 55.2 Å². The summed E-state index contributed by atoms with van der Waals surface area (Å²) >= 11 is 0. The normalized spacial score (nSPS) is 17.0. The van der Waals surface area contributed by atoms with Gasteiger partial charge in [-0.3, -0.25) is 4.98 Å². The molecule has 0 spiro atoms. The minimum atomic E-state index is -3.43. The van der Waals surface area contributed by atoms with E-state index in [1.54, 1.807) is 10.4 Å². The van der Waals surface area contributed by atoms with Gasteiger partial charge < -0.3 is 4.57 Å². The molecule has 1 fully saturated rings. The summed E-state index contributed by atoms with van der Waals surface area (Å²) in [6.07, 6.45) is 5.10. The summed E-state index contributed by atoms with van der Waals surface area (Å²) in [5, 5.41) is 0.986. The number of hydrogen-bond acceptors (Lipinski definition) is 3. The number of hydrogen-bond donors (Lipinski definition) is 0. The molecule has 4 rings (SSSR count). The number of piperidine rings is 1. The van der Waals surface area contributed by atoms with Crippen LogP contribution in [0.3, 0.4) is 0 Å². The van der Waals surface area contributed by atoms with E-state index < -0.39 is 10.0 Å². The Morgan fingerprint density at radius 1 is 0.966 bits per heavy atom. The van der Waals surface area contributed by atoms with Gasteiger partial charge >= 0.3 is 0 Å². The van der Waals surface area contributed by atoms with E-state index in [2.05, 4.69) is 30.7 Å². The van der Waals surface area contributed by atoms with Crippen molar-refractivity contribution in [1.29, 1.82) is 0 Å². The number of rotatable bonds is 4. The lowest BCUT2D eigenvalue weighted by atomic mass is 10.1. The molecule has 0 aliphatic carbocycles. The van der Waals surface area contributed by atoms with E-state index in [4.69, 9.17) is 4.98 Å². The summed E-state index contributed by atoms with van der Waals surface area (Å²) in [6, 6.07) is 9.74. The molecule has 2 aromatic heterocycles. The van der Waals surface area contributed by atoms with E-state index >= 15 is 0 Å². The third-order valence-corrected chi connectivity index (χ3v) is 7.94. The zero-order valence-electron chi connectivity index (χ0n) is 17.6. The van der Waals surface area contributed by atoms with Crippen molar-refractivity contribution in [3.63, 3.8) is 0 Å². The number of aromatic nitrogens is 2. The molecule has 3 aromatic rings. The molecular weight excluding hydrogens is 382 g/mol. The minimum Gasteiger partial charge on any atom is -0.338 e. The summed E-state index contributed by atoms with van der Waals surface area (Å²) in [7, 11) is -3.43. The maximum atomic E-state index is 13.1. The van der Waals surface area contributed by atoms with Gasteiger partial charge in [0, 0.05) is 35.9 Å². The van der Waals surface area contributed by atoms with Gasteiger partial charge in [-0.15, -0.1) is 0 Å². The van der Waals surface area contributed by atoms with E-state index in [1.165, 1.54) is 0 Å². The predicted molar refractivity (Wildman–Crippen MR) is 117 cm³/mol. The van der Waals surface area contributed by atoms with Crippen LogP contribution in [-0.2, 0) is 10.0 Å². The van der Waals surface area contributed by atoms with Crippen molar-refractivity contribution in [1.82, 2.24) is 13.9 Å². The van der Waals surface area contributed by atoms with E-state index in [9.17, 15) is 8.42 Å². The van der Waals surface area contributed by atoms with Gasteiger partial charge in [0.1, 0.15) is 0 Å². The zero-order valence-corrected chi connectivity index (χ0v) is 18.5. The average molecular weight is 412 g/mol. The second kappa shape index (κ2) is 7.58. The maximum absolute atomic E-state index is 13.1. The van der Waals surface area contributed by atoms with Crippen molar-refractivity contribution in [2.24, 2.45) is 0 Å². The van der Waals surface area contributed by atoms with Crippen LogP contribution in [-0.4, -0.2) is 35.4 Å². The molecule has 6 heteroatoms. The molecule has 29 heavy (non-hydrogen) atoms. The van der Waals surface area contributed by atoms with Gasteiger partial charge in [-0.25, -0.2) is 8.42 Å². The largest absolute Gasteiger partial charge is 0.338 e. The third-order valence-electron chi connectivity index (χ3n) is 6.04. The Bertz CT molecular complexity index is 1160. The molecule has 1 atom stereocenters. The van der Waals surface area contributed by atoms with E-state index in [0.717, 1.165) is 52.7 Å². The van der Waals surface area contributed by atoms with Crippen molar-refractivity contribution in [2.45, 2.75) is 57.9 Å². The first kappa shape index (κ1) is 20.1. The quantitative estimate of drug-likeness (QED) is 0.623. The first-order valence-electron chi connectivity index (χ1n) is 10.3. The number of pyridine rings is 1. The van der Waals surface area contributed by atoms with Gasteiger partial charge in [0.25, 0.3) is 0 Å². The highest BCUT2D eigenvalue weighted by atomic mass is 32.2. The fraction of sp³-hybridized carbons (Fsp3) is 0.435. The summed E-state index contributed by atoms with van der Waals surface area (Å²) < 4.78 is 30.0. The summed E-state index contributed by atoms with van der Waals surface area (Å²) in [4.78, 5) is 5.15. The van der Waals surface area contributed by atoms with Crippen LogP contribution in [0, 0.1) is 20.8 Å². The van der Waals surface area contributed by atoms with Crippen molar-refractivity contribution in [2.75, 3.05) is 13.1 Å². The number of nitrogens with zero attached hydrogens (tertiary/aromatic N) is 3. The monoisotopic (exact) mass is 411 g/mol. The third kappa shape index (κ3) is 3.60. The second-order valence-corrected chi connectivity index (χ2v) is 10.1. The van der Waals surface area contributed by atoms with E-state index in [-0.39, 0.29) is 6.04 Å². The molecule has 1 saturated heterocycles. The highest BCUT2D eigenvalue weighted by molar-refractivity contribution is 7.89. The van der Waals surface area contributed by atoms with Gasteiger partial charge in [0.15, 0.2) is 0 Å². The first-order chi connectivity index (χ1) is 13.8. The highest BCUT2D eigenvalue weighted by Crippen LogP contribution is 2.31. The molecule has 3 heterocycles. The highest BCUT2D eigenvalue weighted by Gasteiger charge is 2.27. The summed E-state index contributed by atoms with van der Waals surface area (Å²) in [5.74, 6) is 0. The smallest absolute Gasteiger partial charge is 0.243 e. The summed E-state index contributed by atoms with van der Waals surface area (Å²) in [6.45, 7) is 9.52. The minimum absolute atomic E-state index is 0.0654. The fourth-order valence-corrected chi connectivity index (χ4v) is 5.88. The Balaban J connectivity index is 1.77. The molecule has 0 saturated carbocycles. The van der Waals surface area contributed by atoms with Crippen LogP contribution in [0.1, 0.15) is 54.7 Å². The Morgan fingerprint density at radius 3 is 2.41 bits per heavy atom. The molecular formula is C23H29N3O2S. The lowest BCUT2D eigenvalue weighted by molar-refractivity contribution is 0.346. The van der Waals surface area contributed by atoms with Crippen molar-refractivity contribution in [3.05, 3.63) is 59.0 Å². The number of aryl methyl sites for hydroxylation is 3. The lowest BCUT2D eigenvalue weighted by Crippen LogP contribution is -2.35. The Kier molecular flexibility index (Phi) is 5.25. The van der Waals surface area contributed by atoms with Crippen LogP contribution in [0.2, 0.25) is 0 Å². The Labute approximate surface area is 173 Å². The molecule has 154 valence electrons. The van der Waals surface area contributed by atoms with E-state index in [1.807, 2.05) is 32.0 Å². The predicted octanol–water partition coefficient (Wildman–Crippen LogP) is 4.75. The first-order valence-corrected chi connectivity index (χ1v) is 11.8. The van der Waals surface area contributed by atoms with Crippen LogP contribution in [0.5, 0.6) is 0 Å². The van der Waals surface area contributed by atoms with E-state index in [0.29, 0.717) is 18.0 Å². The maximum Gasteiger partial charge on any atom is 0.243 e. The number of benzene rings is 1. The van der Waals surface area contributed by atoms with Crippen LogP contribution in [0.25, 0.3) is 10.9 Å². The molecule has 5 nitrogen and oxygen atoms in total. The SMILES string of the molecule is Cc1ccc(C)c(C(C)n2cc(C)c3cc(S(=O)(=O)N4CCCCC4)ccc32)n1. The number of sulfonamides is 1. The fourth-order valence-electron chi connectivity index (χ4n) is 4.34.